The molecule has 0 heterocycles. The standard InChI is InChI=1S/C10H19N/c1-7-9(8-3-4-8)5-6-10(7)11-2/h7-11H,3-6H2,1-2H3. The zero-order valence-corrected chi connectivity index (χ0v) is 7.64. The Morgan fingerprint density at radius 2 is 1.82 bits per heavy atom. The molecular formula is C10H19N. The largest absolute Gasteiger partial charge is 0.317 e. The molecule has 11 heavy (non-hydrogen) atoms. The predicted octanol–water partition coefficient (Wildman–Crippen LogP) is 2.03. The summed E-state index contributed by atoms with van der Waals surface area (Å²) in [5, 5.41) is 3.43. The van der Waals surface area contributed by atoms with Gasteiger partial charge in [0.25, 0.3) is 0 Å². The van der Waals surface area contributed by atoms with Gasteiger partial charge < -0.3 is 5.32 Å². The van der Waals surface area contributed by atoms with Gasteiger partial charge in [-0.3, -0.25) is 0 Å². The van der Waals surface area contributed by atoms with Crippen LogP contribution in [0.2, 0.25) is 0 Å². The lowest BCUT2D eigenvalue weighted by molar-refractivity contribution is 0.332. The van der Waals surface area contributed by atoms with Crippen LogP contribution in [0.4, 0.5) is 0 Å². The van der Waals surface area contributed by atoms with Crippen molar-refractivity contribution in [2.24, 2.45) is 17.8 Å². The summed E-state index contributed by atoms with van der Waals surface area (Å²) in [5.74, 6) is 3.11. The van der Waals surface area contributed by atoms with Gasteiger partial charge >= 0.3 is 0 Å². The zero-order chi connectivity index (χ0) is 7.84. The molecule has 0 bridgehead atoms. The Morgan fingerprint density at radius 1 is 1.09 bits per heavy atom. The molecule has 64 valence electrons. The molecule has 2 aliphatic rings. The van der Waals surface area contributed by atoms with Crippen molar-refractivity contribution < 1.29 is 0 Å². The van der Waals surface area contributed by atoms with Gasteiger partial charge in [-0.25, -0.2) is 0 Å². The number of hydrogen-bond donors (Lipinski definition) is 1. The lowest BCUT2D eigenvalue weighted by atomic mass is 9.91. The van der Waals surface area contributed by atoms with E-state index in [4.69, 9.17) is 0 Å². The highest BCUT2D eigenvalue weighted by Gasteiger charge is 2.41. The SMILES string of the molecule is CNC1CCC(C2CC2)C1C. The Bertz CT molecular complexity index is 140. The number of rotatable bonds is 2. The van der Waals surface area contributed by atoms with Crippen LogP contribution < -0.4 is 5.32 Å². The van der Waals surface area contributed by atoms with E-state index in [0.29, 0.717) is 0 Å². The third-order valence-corrected chi connectivity index (χ3v) is 3.72. The van der Waals surface area contributed by atoms with Crippen LogP contribution >= 0.6 is 0 Å². The maximum absolute atomic E-state index is 3.43. The molecule has 1 N–H and O–H groups in total. The summed E-state index contributed by atoms with van der Waals surface area (Å²) in [6.07, 6.45) is 5.94. The van der Waals surface area contributed by atoms with Gasteiger partial charge in [0.05, 0.1) is 0 Å². The highest BCUT2D eigenvalue weighted by atomic mass is 14.9. The monoisotopic (exact) mass is 153 g/mol. The van der Waals surface area contributed by atoms with Crippen LogP contribution in [-0.2, 0) is 0 Å². The summed E-state index contributed by atoms with van der Waals surface area (Å²) in [5.41, 5.74) is 0. The van der Waals surface area contributed by atoms with Crippen molar-refractivity contribution in [2.45, 2.75) is 38.6 Å². The first-order valence-corrected chi connectivity index (χ1v) is 5.00. The Balaban J connectivity index is 1.93. The molecule has 2 aliphatic carbocycles. The second-order valence-corrected chi connectivity index (χ2v) is 4.33. The maximum atomic E-state index is 3.43. The number of nitrogens with one attached hydrogen (secondary N) is 1. The van der Waals surface area contributed by atoms with E-state index >= 15 is 0 Å². The molecule has 3 atom stereocenters. The van der Waals surface area contributed by atoms with Gasteiger partial charge in [0.1, 0.15) is 0 Å². The van der Waals surface area contributed by atoms with E-state index in [0.717, 1.165) is 23.8 Å². The first kappa shape index (κ1) is 7.60. The summed E-state index contributed by atoms with van der Waals surface area (Å²) in [6.45, 7) is 2.43. The van der Waals surface area contributed by atoms with Crippen molar-refractivity contribution in [3.63, 3.8) is 0 Å². The molecule has 2 saturated carbocycles. The Labute approximate surface area is 69.6 Å². The van der Waals surface area contributed by atoms with Crippen LogP contribution in [0, 0.1) is 17.8 Å². The fraction of sp³-hybridized carbons (Fsp3) is 1.00. The molecule has 1 nitrogen and oxygen atoms in total. The van der Waals surface area contributed by atoms with Crippen LogP contribution in [0.3, 0.4) is 0 Å². The molecule has 0 radical (unpaired) electrons. The predicted molar refractivity (Wildman–Crippen MR) is 47.5 cm³/mol. The van der Waals surface area contributed by atoms with Crippen molar-refractivity contribution in [3.05, 3.63) is 0 Å². The third kappa shape index (κ3) is 1.31. The molecule has 2 rings (SSSR count). The van der Waals surface area contributed by atoms with E-state index in [1.54, 1.807) is 0 Å². The Kier molecular flexibility index (Phi) is 1.92. The molecule has 0 spiro atoms. The van der Waals surface area contributed by atoms with Gasteiger partial charge in [-0.2, -0.15) is 0 Å². The van der Waals surface area contributed by atoms with Crippen LogP contribution in [-0.4, -0.2) is 13.1 Å². The topological polar surface area (TPSA) is 12.0 Å². The first-order valence-electron chi connectivity index (χ1n) is 5.00. The van der Waals surface area contributed by atoms with Crippen LogP contribution in [0.5, 0.6) is 0 Å². The van der Waals surface area contributed by atoms with E-state index < -0.39 is 0 Å². The summed E-state index contributed by atoms with van der Waals surface area (Å²) >= 11 is 0. The van der Waals surface area contributed by atoms with Crippen molar-refractivity contribution in [1.29, 1.82) is 0 Å². The van der Waals surface area contributed by atoms with E-state index in [1.807, 2.05) is 0 Å². The molecule has 2 fully saturated rings. The minimum atomic E-state index is 0.820. The normalized spacial score (nSPS) is 44.7. The molecular weight excluding hydrogens is 134 g/mol. The number of hydrogen-bond acceptors (Lipinski definition) is 1. The third-order valence-electron chi connectivity index (χ3n) is 3.72. The van der Waals surface area contributed by atoms with Gasteiger partial charge in [-0.15, -0.1) is 0 Å². The van der Waals surface area contributed by atoms with Crippen molar-refractivity contribution >= 4 is 0 Å². The fourth-order valence-corrected chi connectivity index (χ4v) is 2.79. The van der Waals surface area contributed by atoms with E-state index in [1.165, 1.54) is 25.7 Å². The van der Waals surface area contributed by atoms with Gasteiger partial charge in [-0.1, -0.05) is 6.92 Å². The summed E-state index contributed by atoms with van der Waals surface area (Å²) < 4.78 is 0. The van der Waals surface area contributed by atoms with Crippen LogP contribution in [0.25, 0.3) is 0 Å². The summed E-state index contributed by atoms with van der Waals surface area (Å²) in [7, 11) is 2.11. The van der Waals surface area contributed by atoms with Crippen molar-refractivity contribution in [3.8, 4) is 0 Å². The van der Waals surface area contributed by atoms with Crippen LogP contribution in [0.15, 0.2) is 0 Å². The molecule has 0 aromatic rings. The average Bonchev–Trinajstić information content (AvgIpc) is 2.77. The molecule has 0 aliphatic heterocycles. The van der Waals surface area contributed by atoms with Gasteiger partial charge in [0.2, 0.25) is 0 Å². The Morgan fingerprint density at radius 3 is 2.27 bits per heavy atom. The van der Waals surface area contributed by atoms with Gasteiger partial charge in [-0.05, 0) is 50.5 Å². The maximum Gasteiger partial charge on any atom is 0.00925 e. The quantitative estimate of drug-likeness (QED) is 0.640. The van der Waals surface area contributed by atoms with E-state index in [2.05, 4.69) is 19.3 Å². The molecule has 3 unspecified atom stereocenters. The average molecular weight is 153 g/mol. The lowest BCUT2D eigenvalue weighted by Gasteiger charge is -2.19. The van der Waals surface area contributed by atoms with E-state index in [-0.39, 0.29) is 0 Å². The van der Waals surface area contributed by atoms with Crippen molar-refractivity contribution in [1.82, 2.24) is 5.32 Å². The molecule has 0 aromatic carbocycles. The second-order valence-electron chi connectivity index (χ2n) is 4.33. The molecule has 0 amide bonds. The summed E-state index contributed by atoms with van der Waals surface area (Å²) in [6, 6.07) is 0.820. The van der Waals surface area contributed by atoms with Crippen LogP contribution in [0.1, 0.15) is 32.6 Å². The lowest BCUT2D eigenvalue weighted by Crippen LogP contribution is -2.29. The van der Waals surface area contributed by atoms with Gasteiger partial charge in [0.15, 0.2) is 0 Å². The highest BCUT2D eigenvalue weighted by molar-refractivity contribution is 4.93. The molecule has 1 heteroatoms. The Hall–Kier alpha value is -0.0400. The first-order chi connectivity index (χ1) is 5.33. The van der Waals surface area contributed by atoms with Gasteiger partial charge in [0, 0.05) is 6.04 Å². The summed E-state index contributed by atoms with van der Waals surface area (Å²) in [4.78, 5) is 0. The minimum absolute atomic E-state index is 0.820. The highest BCUT2D eigenvalue weighted by Crippen LogP contribution is 2.47. The second kappa shape index (κ2) is 2.78. The van der Waals surface area contributed by atoms with Crippen molar-refractivity contribution in [2.75, 3.05) is 7.05 Å². The fourth-order valence-electron chi connectivity index (χ4n) is 2.79. The molecule has 0 aromatic heterocycles. The minimum Gasteiger partial charge on any atom is -0.317 e. The molecule has 0 saturated heterocycles. The van der Waals surface area contributed by atoms with E-state index in [9.17, 15) is 0 Å². The zero-order valence-electron chi connectivity index (χ0n) is 7.64. The smallest absolute Gasteiger partial charge is 0.00925 e.